The molecule has 0 saturated heterocycles. The van der Waals surface area contributed by atoms with Crippen LogP contribution in [-0.2, 0) is 33.6 Å². The third-order valence-corrected chi connectivity index (χ3v) is 13.5. The summed E-state index contributed by atoms with van der Waals surface area (Å²) in [6, 6.07) is 16.1. The number of aryl methyl sites for hydroxylation is 3. The van der Waals surface area contributed by atoms with E-state index < -0.39 is 0 Å². The highest BCUT2D eigenvalue weighted by Gasteiger charge is 2.35. The molecule has 72 heavy (non-hydrogen) atoms. The highest BCUT2D eigenvalue weighted by Crippen LogP contribution is 2.34. The van der Waals surface area contributed by atoms with Gasteiger partial charge in [-0.1, -0.05) is 61.7 Å². The molecule has 12 nitrogen and oxygen atoms in total. The molecule has 0 radical (unpaired) electrons. The molecular formula is C57H89Cl2FN6O6. The largest absolute Gasteiger partial charge is 0.492 e. The SMILES string of the molecule is CCC(C)[C@H](NC[C@@H](C)Oc1cc(F)ccc1CCCNC)C(C)=O.CNCCCc1ccc(Cl)cc1OCCN[C@H](C(C)=O)C1CC1.CNCCCc1ccc(Cl)cc1O[C@H](C)CN[C@H](C(C)=O)C1CC1. The van der Waals surface area contributed by atoms with Crippen LogP contribution in [0.25, 0.3) is 0 Å². The van der Waals surface area contributed by atoms with E-state index >= 15 is 0 Å². The molecule has 0 spiro atoms. The van der Waals surface area contributed by atoms with Gasteiger partial charge < -0.3 is 46.1 Å². The Morgan fingerprint density at radius 1 is 0.597 bits per heavy atom. The molecule has 0 bridgehead atoms. The van der Waals surface area contributed by atoms with E-state index in [1.807, 2.05) is 71.4 Å². The van der Waals surface area contributed by atoms with Crippen LogP contribution in [0.3, 0.4) is 0 Å². The zero-order valence-electron chi connectivity index (χ0n) is 45.1. The summed E-state index contributed by atoms with van der Waals surface area (Å²) in [4.78, 5) is 35.1. The Morgan fingerprint density at radius 3 is 1.47 bits per heavy atom. The van der Waals surface area contributed by atoms with Crippen molar-refractivity contribution < 1.29 is 33.0 Å². The molecule has 15 heteroatoms. The van der Waals surface area contributed by atoms with Gasteiger partial charge in [-0.2, -0.15) is 0 Å². The van der Waals surface area contributed by atoms with E-state index in [0.717, 1.165) is 107 Å². The van der Waals surface area contributed by atoms with Crippen molar-refractivity contribution in [3.63, 3.8) is 0 Å². The number of halogens is 3. The quantitative estimate of drug-likeness (QED) is 0.0317. The Morgan fingerprint density at radius 2 is 1.03 bits per heavy atom. The number of ether oxygens (including phenoxy) is 3. The predicted molar refractivity (Wildman–Crippen MR) is 294 cm³/mol. The molecule has 1 unspecified atom stereocenters. The number of benzene rings is 3. The maximum Gasteiger partial charge on any atom is 0.146 e. The molecule has 6 N–H and O–H groups in total. The molecule has 2 fully saturated rings. The van der Waals surface area contributed by atoms with Crippen LogP contribution in [0.4, 0.5) is 4.39 Å². The van der Waals surface area contributed by atoms with E-state index in [9.17, 15) is 18.8 Å². The summed E-state index contributed by atoms with van der Waals surface area (Å²) < 4.78 is 31.6. The summed E-state index contributed by atoms with van der Waals surface area (Å²) in [5.41, 5.74) is 3.36. The lowest BCUT2D eigenvalue weighted by atomic mass is 9.96. The van der Waals surface area contributed by atoms with Gasteiger partial charge in [-0.25, -0.2) is 4.39 Å². The van der Waals surface area contributed by atoms with E-state index in [2.05, 4.69) is 45.7 Å². The Labute approximate surface area is 442 Å². The molecular weight excluding hydrogens is 955 g/mol. The molecule has 2 aliphatic rings. The lowest BCUT2D eigenvalue weighted by Gasteiger charge is -2.24. The summed E-state index contributed by atoms with van der Waals surface area (Å²) >= 11 is 12.2. The third kappa shape index (κ3) is 24.6. The Balaban J connectivity index is 0.000000285. The van der Waals surface area contributed by atoms with Crippen LogP contribution >= 0.6 is 23.2 Å². The second kappa shape index (κ2) is 34.8. The summed E-state index contributed by atoms with van der Waals surface area (Å²) in [7, 11) is 5.83. The van der Waals surface area contributed by atoms with Crippen molar-refractivity contribution in [3.8, 4) is 17.2 Å². The third-order valence-electron chi connectivity index (χ3n) is 13.1. The molecule has 0 aliphatic heterocycles. The van der Waals surface area contributed by atoms with Crippen LogP contribution in [-0.4, -0.2) is 115 Å². The highest BCUT2D eigenvalue weighted by atomic mass is 35.5. The van der Waals surface area contributed by atoms with Gasteiger partial charge in [-0.05, 0) is 204 Å². The number of Topliss-reactive ketones (excluding diaryl/α,β-unsaturated/α-hetero) is 3. The van der Waals surface area contributed by atoms with E-state index in [0.29, 0.717) is 53.9 Å². The van der Waals surface area contributed by atoms with Gasteiger partial charge in [0.05, 0.1) is 18.1 Å². The molecule has 2 aliphatic carbocycles. The van der Waals surface area contributed by atoms with Crippen molar-refractivity contribution in [2.24, 2.45) is 17.8 Å². The van der Waals surface area contributed by atoms with E-state index in [-0.39, 0.29) is 59.4 Å². The Bertz CT molecular complexity index is 2060. The zero-order chi connectivity index (χ0) is 53.0. The van der Waals surface area contributed by atoms with Crippen LogP contribution in [0.1, 0.15) is 117 Å². The van der Waals surface area contributed by atoms with Crippen molar-refractivity contribution >= 4 is 40.6 Å². The standard InChI is InChI=1S/C20H33FN2O2.C19H29ClN2O2.C18H27ClN2O2/c1-6-14(2)20(16(4)24)23-13-15(3)25-19-12-18(21)10-9-17(19)8-7-11-22-5;1-13(12-22-19(14(2)23)16-6-7-16)24-18-11-17(20)9-8-15(18)5-4-10-21-3;1-13(22)18(15-5-6-15)21-10-11-23-17-12-16(19)8-7-14(17)4-3-9-20-2/h9-10,12,14-15,20,22-23H,6-8,11,13H2,1-5H3;8-9,11,13,16,19,21-22H,4-7,10,12H2,1-3H3;7-8,12,15,18,20-21H,3-6,9-11H2,1-2H3/t14?,15-,20+;13-,19-;18-/m111/s1. The van der Waals surface area contributed by atoms with Crippen LogP contribution in [0.5, 0.6) is 17.2 Å². The van der Waals surface area contributed by atoms with Gasteiger partial charge in [-0.3, -0.25) is 14.4 Å². The first kappa shape index (κ1) is 62.6. The van der Waals surface area contributed by atoms with Gasteiger partial charge in [0.1, 0.15) is 59.2 Å². The Kier molecular flexibility index (Phi) is 30.2. The van der Waals surface area contributed by atoms with Crippen molar-refractivity contribution in [1.29, 1.82) is 0 Å². The van der Waals surface area contributed by atoms with Gasteiger partial charge in [0.25, 0.3) is 0 Å². The van der Waals surface area contributed by atoms with Gasteiger partial charge in [0.15, 0.2) is 0 Å². The van der Waals surface area contributed by atoms with E-state index in [1.165, 1.54) is 23.3 Å². The summed E-state index contributed by atoms with van der Waals surface area (Å²) in [5, 5.41) is 20.8. The minimum Gasteiger partial charge on any atom is -0.492 e. The molecule has 3 aromatic carbocycles. The minimum absolute atomic E-state index is 0.00643. The predicted octanol–water partition coefficient (Wildman–Crippen LogP) is 9.38. The summed E-state index contributed by atoms with van der Waals surface area (Å²) in [6.07, 6.45) is 11.2. The normalized spacial score (nSPS) is 15.6. The van der Waals surface area contributed by atoms with Crippen LogP contribution in [0.15, 0.2) is 54.6 Å². The van der Waals surface area contributed by atoms with Crippen LogP contribution < -0.4 is 46.1 Å². The summed E-state index contributed by atoms with van der Waals surface area (Å²) in [5.74, 6) is 3.88. The number of hydrogen-bond acceptors (Lipinski definition) is 12. The number of carbonyl (C=O) groups excluding carboxylic acids is 3. The van der Waals surface area contributed by atoms with Gasteiger partial charge >= 0.3 is 0 Å². The first-order valence-corrected chi connectivity index (χ1v) is 27.2. The van der Waals surface area contributed by atoms with Gasteiger partial charge in [-0.15, -0.1) is 0 Å². The van der Waals surface area contributed by atoms with Crippen molar-refractivity contribution in [1.82, 2.24) is 31.9 Å². The van der Waals surface area contributed by atoms with Crippen molar-refractivity contribution in [2.75, 3.05) is 67.0 Å². The van der Waals surface area contributed by atoms with Crippen molar-refractivity contribution in [2.45, 2.75) is 149 Å². The average Bonchev–Trinajstić information content (AvgIpc) is 4.28. The second-order valence-electron chi connectivity index (χ2n) is 19.7. The van der Waals surface area contributed by atoms with Crippen LogP contribution in [0.2, 0.25) is 10.0 Å². The van der Waals surface area contributed by atoms with Gasteiger partial charge in [0.2, 0.25) is 0 Å². The van der Waals surface area contributed by atoms with E-state index in [4.69, 9.17) is 37.4 Å². The first-order chi connectivity index (χ1) is 34.5. The topological polar surface area (TPSA) is 151 Å². The molecule has 0 aromatic heterocycles. The number of hydrogen-bond donors (Lipinski definition) is 6. The summed E-state index contributed by atoms with van der Waals surface area (Å²) in [6.45, 7) is 18.3. The number of rotatable bonds is 34. The lowest BCUT2D eigenvalue weighted by molar-refractivity contribution is -0.120. The highest BCUT2D eigenvalue weighted by molar-refractivity contribution is 6.31. The molecule has 0 heterocycles. The molecule has 0 amide bonds. The fraction of sp³-hybridized carbons (Fsp3) is 0.632. The molecule has 404 valence electrons. The fourth-order valence-corrected chi connectivity index (χ4v) is 8.85. The maximum atomic E-state index is 13.6. The first-order valence-electron chi connectivity index (χ1n) is 26.5. The number of ketones is 3. The van der Waals surface area contributed by atoms with Crippen LogP contribution in [0, 0.1) is 23.6 Å². The molecule has 5 rings (SSSR count). The van der Waals surface area contributed by atoms with Crippen molar-refractivity contribution in [3.05, 3.63) is 87.2 Å². The van der Waals surface area contributed by atoms with E-state index in [1.54, 1.807) is 26.8 Å². The molecule has 6 atom stereocenters. The average molecular weight is 1040 g/mol. The number of carbonyl (C=O) groups is 3. The zero-order valence-corrected chi connectivity index (χ0v) is 46.6. The fourth-order valence-electron chi connectivity index (χ4n) is 8.53. The smallest absolute Gasteiger partial charge is 0.146 e. The second-order valence-corrected chi connectivity index (χ2v) is 20.6. The number of nitrogens with one attached hydrogen (secondary N) is 6. The molecule has 3 aromatic rings. The Hall–Kier alpha value is -3.66. The maximum absolute atomic E-state index is 13.6. The molecule has 2 saturated carbocycles. The minimum atomic E-state index is -0.297. The lowest BCUT2D eigenvalue weighted by Crippen LogP contribution is -2.44. The van der Waals surface area contributed by atoms with Gasteiger partial charge in [0, 0.05) is 35.7 Å². The monoisotopic (exact) mass is 1040 g/mol.